The third-order valence-electron chi connectivity index (χ3n) is 4.07. The fourth-order valence-electron chi connectivity index (χ4n) is 2.73. The van der Waals surface area contributed by atoms with Gasteiger partial charge >= 0.3 is 6.61 Å². The maximum Gasteiger partial charge on any atom is 0.387 e. The average Bonchev–Trinajstić information content (AvgIpc) is 2.47. The van der Waals surface area contributed by atoms with Crippen molar-refractivity contribution in [1.29, 1.82) is 0 Å². The smallest absolute Gasteiger partial charge is 0.387 e. The Morgan fingerprint density at radius 1 is 1.36 bits per heavy atom. The molecule has 1 heterocycles. The van der Waals surface area contributed by atoms with Gasteiger partial charge in [0.15, 0.2) is 0 Å². The van der Waals surface area contributed by atoms with Crippen molar-refractivity contribution in [2.45, 2.75) is 51.3 Å². The molecule has 0 aromatic heterocycles. The molecule has 0 spiro atoms. The van der Waals surface area contributed by atoms with E-state index in [1.54, 1.807) is 25.1 Å². The molecule has 0 aliphatic carbocycles. The second-order valence-corrected chi connectivity index (χ2v) is 5.83. The quantitative estimate of drug-likeness (QED) is 0.879. The lowest BCUT2D eigenvalue weighted by molar-refractivity contribution is -0.128. The summed E-state index contributed by atoms with van der Waals surface area (Å²) in [6.45, 7) is 1.55. The minimum absolute atomic E-state index is 0.0899. The van der Waals surface area contributed by atoms with Crippen LogP contribution in [0.1, 0.15) is 44.7 Å². The molecule has 1 aliphatic rings. The largest absolute Gasteiger partial charge is 0.434 e. The van der Waals surface area contributed by atoms with Crippen molar-refractivity contribution in [3.8, 4) is 5.75 Å². The fourth-order valence-corrected chi connectivity index (χ4v) is 2.73. The molecular formula is C16H22F2N2O2. The molecule has 1 aromatic carbocycles. The van der Waals surface area contributed by atoms with Crippen LogP contribution in [0.25, 0.3) is 0 Å². The first-order chi connectivity index (χ1) is 10.4. The van der Waals surface area contributed by atoms with Gasteiger partial charge in [0, 0.05) is 5.56 Å². The van der Waals surface area contributed by atoms with Gasteiger partial charge in [-0.15, -0.1) is 0 Å². The van der Waals surface area contributed by atoms with E-state index in [-0.39, 0.29) is 11.7 Å². The maximum absolute atomic E-state index is 12.5. The Morgan fingerprint density at radius 2 is 2.09 bits per heavy atom. The Labute approximate surface area is 129 Å². The van der Waals surface area contributed by atoms with Gasteiger partial charge in [-0.2, -0.15) is 8.78 Å². The summed E-state index contributed by atoms with van der Waals surface area (Å²) in [5.41, 5.74) is -0.0686. The number of halogens is 2. The third kappa shape index (κ3) is 3.94. The first-order valence-corrected chi connectivity index (χ1v) is 7.52. The van der Waals surface area contributed by atoms with Crippen LogP contribution < -0.4 is 15.4 Å². The lowest BCUT2D eigenvalue weighted by Gasteiger charge is -2.34. The number of para-hydroxylation sites is 1. The van der Waals surface area contributed by atoms with Gasteiger partial charge in [-0.25, -0.2) is 0 Å². The second-order valence-electron chi connectivity index (χ2n) is 5.83. The summed E-state index contributed by atoms with van der Waals surface area (Å²) in [7, 11) is 0. The van der Waals surface area contributed by atoms with Crippen LogP contribution in [0.15, 0.2) is 24.3 Å². The summed E-state index contributed by atoms with van der Waals surface area (Å²) in [5, 5.41) is 6.13. The molecule has 4 nitrogen and oxygen atoms in total. The fraction of sp³-hybridized carbons (Fsp3) is 0.562. The van der Waals surface area contributed by atoms with Crippen molar-refractivity contribution in [3.63, 3.8) is 0 Å². The van der Waals surface area contributed by atoms with Gasteiger partial charge in [0.1, 0.15) is 5.75 Å². The molecule has 1 saturated heterocycles. The monoisotopic (exact) mass is 312 g/mol. The highest BCUT2D eigenvalue weighted by Gasteiger charge is 2.35. The van der Waals surface area contributed by atoms with E-state index >= 15 is 0 Å². The van der Waals surface area contributed by atoms with Gasteiger partial charge in [0.05, 0.1) is 11.6 Å². The Hall–Kier alpha value is -1.69. The normalized spacial score (nSPS) is 23.1. The zero-order valence-electron chi connectivity index (χ0n) is 12.9. The number of alkyl halides is 2. The standard InChI is InChI=1S/C16H22F2N2O2/c1-11(12-7-3-4-8-13(12)22-15(17)18)20-14(21)16(2)9-5-6-10-19-16/h3-4,7-8,11,15,19H,5-6,9-10H2,1-2H3,(H,20,21). The molecule has 1 aliphatic heterocycles. The molecule has 2 rings (SSSR count). The van der Waals surface area contributed by atoms with Crippen LogP contribution in [0.4, 0.5) is 8.78 Å². The number of piperidine rings is 1. The first kappa shape index (κ1) is 16.7. The van der Waals surface area contributed by atoms with Crippen molar-refractivity contribution in [3.05, 3.63) is 29.8 Å². The molecule has 22 heavy (non-hydrogen) atoms. The topological polar surface area (TPSA) is 50.4 Å². The highest BCUT2D eigenvalue weighted by Crippen LogP contribution is 2.27. The van der Waals surface area contributed by atoms with E-state index in [9.17, 15) is 13.6 Å². The van der Waals surface area contributed by atoms with Crippen LogP contribution in [0.3, 0.4) is 0 Å². The van der Waals surface area contributed by atoms with E-state index in [0.717, 1.165) is 25.8 Å². The molecule has 0 saturated carbocycles. The average molecular weight is 312 g/mol. The number of carbonyl (C=O) groups excluding carboxylic acids is 1. The van der Waals surface area contributed by atoms with Crippen LogP contribution in [0.5, 0.6) is 5.75 Å². The summed E-state index contributed by atoms with van der Waals surface area (Å²) in [4.78, 5) is 12.5. The van der Waals surface area contributed by atoms with Crippen molar-refractivity contribution in [2.24, 2.45) is 0 Å². The summed E-state index contributed by atoms with van der Waals surface area (Å²) in [6.07, 6.45) is 2.82. The number of nitrogens with one attached hydrogen (secondary N) is 2. The van der Waals surface area contributed by atoms with Crippen molar-refractivity contribution < 1.29 is 18.3 Å². The van der Waals surface area contributed by atoms with Crippen LogP contribution in [-0.4, -0.2) is 24.6 Å². The van der Waals surface area contributed by atoms with Crippen LogP contribution in [0, 0.1) is 0 Å². The van der Waals surface area contributed by atoms with Crippen LogP contribution in [0.2, 0.25) is 0 Å². The highest BCUT2D eigenvalue weighted by molar-refractivity contribution is 5.86. The number of benzene rings is 1. The molecule has 0 radical (unpaired) electrons. The molecular weight excluding hydrogens is 290 g/mol. The molecule has 1 fully saturated rings. The van der Waals surface area contributed by atoms with Crippen LogP contribution >= 0.6 is 0 Å². The molecule has 122 valence electrons. The van der Waals surface area contributed by atoms with Crippen molar-refractivity contribution in [1.82, 2.24) is 10.6 Å². The van der Waals surface area contributed by atoms with E-state index in [2.05, 4.69) is 15.4 Å². The van der Waals surface area contributed by atoms with E-state index in [0.29, 0.717) is 5.56 Å². The minimum Gasteiger partial charge on any atom is -0.434 e. The Morgan fingerprint density at radius 3 is 2.73 bits per heavy atom. The molecule has 0 bridgehead atoms. The summed E-state index contributed by atoms with van der Waals surface area (Å²) in [5.74, 6) is -0.0291. The van der Waals surface area contributed by atoms with Crippen LogP contribution in [-0.2, 0) is 4.79 Å². The summed E-state index contributed by atoms with van der Waals surface area (Å²) < 4.78 is 29.4. The van der Waals surface area contributed by atoms with E-state index in [1.165, 1.54) is 6.07 Å². The number of ether oxygens (including phenoxy) is 1. The van der Waals surface area contributed by atoms with E-state index in [4.69, 9.17) is 0 Å². The van der Waals surface area contributed by atoms with Gasteiger partial charge in [-0.3, -0.25) is 4.79 Å². The molecule has 2 N–H and O–H groups in total. The molecule has 2 unspecified atom stereocenters. The third-order valence-corrected chi connectivity index (χ3v) is 4.07. The minimum atomic E-state index is -2.89. The lowest BCUT2D eigenvalue weighted by Crippen LogP contribution is -2.57. The zero-order chi connectivity index (χ0) is 16.2. The summed E-state index contributed by atoms with van der Waals surface area (Å²) in [6, 6.07) is 6.10. The van der Waals surface area contributed by atoms with Gasteiger partial charge in [0.2, 0.25) is 5.91 Å². The summed E-state index contributed by atoms with van der Waals surface area (Å²) >= 11 is 0. The van der Waals surface area contributed by atoms with Gasteiger partial charge in [-0.1, -0.05) is 18.2 Å². The van der Waals surface area contributed by atoms with Gasteiger partial charge < -0.3 is 15.4 Å². The second kappa shape index (κ2) is 7.05. The predicted molar refractivity (Wildman–Crippen MR) is 79.9 cm³/mol. The van der Waals surface area contributed by atoms with E-state index < -0.39 is 18.2 Å². The Bertz CT molecular complexity index is 517. The Kier molecular flexibility index (Phi) is 5.34. The van der Waals surface area contributed by atoms with E-state index in [1.807, 2.05) is 6.92 Å². The number of hydrogen-bond donors (Lipinski definition) is 2. The predicted octanol–water partition coefficient (Wildman–Crippen LogP) is 3.00. The molecule has 1 aromatic rings. The maximum atomic E-state index is 12.5. The Balaban J connectivity index is 2.08. The zero-order valence-corrected chi connectivity index (χ0v) is 12.9. The number of amides is 1. The number of rotatable bonds is 5. The lowest BCUT2D eigenvalue weighted by atomic mass is 9.89. The first-order valence-electron chi connectivity index (χ1n) is 7.52. The molecule has 6 heteroatoms. The molecule has 1 amide bonds. The number of hydrogen-bond acceptors (Lipinski definition) is 3. The SMILES string of the molecule is CC(NC(=O)C1(C)CCCCN1)c1ccccc1OC(F)F. The highest BCUT2D eigenvalue weighted by atomic mass is 19.3. The number of carbonyl (C=O) groups is 1. The van der Waals surface area contributed by atoms with Gasteiger partial charge in [0.25, 0.3) is 0 Å². The molecule has 2 atom stereocenters. The van der Waals surface area contributed by atoms with Crippen molar-refractivity contribution in [2.75, 3.05) is 6.54 Å². The van der Waals surface area contributed by atoms with Crippen molar-refractivity contribution >= 4 is 5.91 Å². The van der Waals surface area contributed by atoms with Gasteiger partial charge in [-0.05, 0) is 45.7 Å².